The van der Waals surface area contributed by atoms with Crippen molar-refractivity contribution in [3.05, 3.63) is 41.3 Å². The Morgan fingerprint density at radius 1 is 1.28 bits per heavy atom. The number of rotatable bonds is 1. The highest BCUT2D eigenvalue weighted by atomic mass is 35.5. The molecule has 0 unspecified atom stereocenters. The second-order valence-electron chi connectivity index (χ2n) is 4.17. The normalized spacial score (nSPS) is 11.1. The molecule has 0 aliphatic carbocycles. The van der Waals surface area contributed by atoms with E-state index in [0.29, 0.717) is 5.15 Å². The van der Waals surface area contributed by atoms with E-state index in [1.54, 1.807) is 12.4 Å². The second-order valence-corrected chi connectivity index (χ2v) is 4.53. The second kappa shape index (κ2) is 4.07. The van der Waals surface area contributed by atoms with Crippen molar-refractivity contribution in [3.8, 4) is 11.4 Å². The maximum absolute atomic E-state index is 5.94. The lowest BCUT2D eigenvalue weighted by molar-refractivity contribution is 0.957. The molecule has 0 aliphatic heterocycles. The number of nitrogens with zero attached hydrogens (tertiary/aromatic N) is 4. The summed E-state index contributed by atoms with van der Waals surface area (Å²) < 4.78 is 2.01. The molecule has 3 heterocycles. The predicted molar refractivity (Wildman–Crippen MR) is 71.5 cm³/mol. The summed E-state index contributed by atoms with van der Waals surface area (Å²) in [5.74, 6) is 0.843. The molecule has 0 atom stereocenters. The molecule has 0 saturated heterocycles. The van der Waals surface area contributed by atoms with Crippen LogP contribution in [0.25, 0.3) is 22.6 Å². The predicted octanol–water partition coefficient (Wildman–Crippen LogP) is 2.99. The van der Waals surface area contributed by atoms with Crippen molar-refractivity contribution in [1.82, 2.24) is 19.5 Å². The summed E-state index contributed by atoms with van der Waals surface area (Å²) in [6, 6.07) is 5.88. The Morgan fingerprint density at radius 3 is 2.83 bits per heavy atom. The molecule has 0 aromatic carbocycles. The minimum atomic E-state index is 0.524. The molecule has 18 heavy (non-hydrogen) atoms. The van der Waals surface area contributed by atoms with Gasteiger partial charge in [0.2, 0.25) is 0 Å². The quantitative estimate of drug-likeness (QED) is 0.630. The van der Waals surface area contributed by atoms with Gasteiger partial charge in [0.05, 0.1) is 5.52 Å². The van der Waals surface area contributed by atoms with E-state index in [9.17, 15) is 0 Å². The lowest BCUT2D eigenvalue weighted by Crippen LogP contribution is -1.94. The minimum absolute atomic E-state index is 0.524. The van der Waals surface area contributed by atoms with Gasteiger partial charge in [0.25, 0.3) is 0 Å². The van der Waals surface area contributed by atoms with Crippen LogP contribution in [0.5, 0.6) is 0 Å². The third-order valence-electron chi connectivity index (χ3n) is 2.93. The number of aryl methyl sites for hydroxylation is 2. The van der Waals surface area contributed by atoms with Crippen molar-refractivity contribution in [2.24, 2.45) is 7.05 Å². The number of fused-ring (bicyclic) bond motifs is 1. The van der Waals surface area contributed by atoms with Crippen molar-refractivity contribution in [1.29, 1.82) is 0 Å². The summed E-state index contributed by atoms with van der Waals surface area (Å²) in [6.07, 6.45) is 3.47. The number of aromatic nitrogens is 4. The number of imidazole rings is 1. The zero-order valence-corrected chi connectivity index (χ0v) is 10.8. The van der Waals surface area contributed by atoms with Gasteiger partial charge in [0, 0.05) is 25.0 Å². The highest BCUT2D eigenvalue weighted by Crippen LogP contribution is 2.24. The molecule has 0 fully saturated rings. The summed E-state index contributed by atoms with van der Waals surface area (Å²) in [5.41, 5.74) is 3.62. The van der Waals surface area contributed by atoms with Crippen LogP contribution in [0.3, 0.4) is 0 Å². The van der Waals surface area contributed by atoms with Crippen LogP contribution in [0.1, 0.15) is 5.56 Å². The third-order valence-corrected chi connectivity index (χ3v) is 3.33. The monoisotopic (exact) mass is 258 g/mol. The van der Waals surface area contributed by atoms with E-state index in [-0.39, 0.29) is 0 Å². The molecule has 4 nitrogen and oxygen atoms in total. The molecular formula is C13H11ClN4. The first-order valence-electron chi connectivity index (χ1n) is 5.57. The number of hydrogen-bond acceptors (Lipinski definition) is 3. The zero-order chi connectivity index (χ0) is 12.7. The first kappa shape index (κ1) is 11.2. The van der Waals surface area contributed by atoms with E-state index in [4.69, 9.17) is 11.6 Å². The Kier molecular flexibility index (Phi) is 2.52. The summed E-state index contributed by atoms with van der Waals surface area (Å²) >= 11 is 5.94. The Labute approximate surface area is 109 Å². The van der Waals surface area contributed by atoms with Crippen molar-refractivity contribution < 1.29 is 0 Å². The minimum Gasteiger partial charge on any atom is -0.326 e. The molecule has 3 aromatic heterocycles. The Bertz CT molecular complexity index is 733. The van der Waals surface area contributed by atoms with Crippen LogP contribution in [0.4, 0.5) is 0 Å². The van der Waals surface area contributed by atoms with Gasteiger partial charge in [0.1, 0.15) is 11.0 Å². The van der Waals surface area contributed by atoms with Crippen LogP contribution in [0, 0.1) is 6.92 Å². The lowest BCUT2D eigenvalue weighted by Gasteiger charge is -2.03. The van der Waals surface area contributed by atoms with E-state index in [0.717, 1.165) is 28.1 Å². The smallest absolute Gasteiger partial charge is 0.178 e. The number of pyridine rings is 2. The summed E-state index contributed by atoms with van der Waals surface area (Å²) in [5, 5.41) is 0.524. The Balaban J connectivity index is 2.25. The van der Waals surface area contributed by atoms with Crippen LogP contribution >= 0.6 is 11.6 Å². The van der Waals surface area contributed by atoms with E-state index >= 15 is 0 Å². The van der Waals surface area contributed by atoms with Gasteiger partial charge < -0.3 is 4.57 Å². The molecule has 0 bridgehead atoms. The molecule has 0 spiro atoms. The van der Waals surface area contributed by atoms with Gasteiger partial charge >= 0.3 is 0 Å². The van der Waals surface area contributed by atoms with Crippen LogP contribution in [-0.4, -0.2) is 19.5 Å². The fraction of sp³-hybridized carbons (Fsp3) is 0.154. The lowest BCUT2D eigenvalue weighted by atomic mass is 10.2. The van der Waals surface area contributed by atoms with Gasteiger partial charge in [-0.1, -0.05) is 11.6 Å². The number of halogens is 1. The highest BCUT2D eigenvalue weighted by molar-refractivity contribution is 6.30. The zero-order valence-electron chi connectivity index (χ0n) is 10.1. The highest BCUT2D eigenvalue weighted by Gasteiger charge is 2.11. The standard InChI is InChI=1S/C13H11ClN4/c1-8-6-9(7-16-11(8)14)13-17-12-10(18(13)2)4-3-5-15-12/h3-7H,1-2H3. The molecule has 0 aliphatic rings. The van der Waals surface area contributed by atoms with Gasteiger partial charge in [-0.05, 0) is 30.7 Å². The first-order chi connectivity index (χ1) is 8.66. The summed E-state index contributed by atoms with van der Waals surface area (Å²) in [4.78, 5) is 12.9. The van der Waals surface area contributed by atoms with Crippen molar-refractivity contribution in [2.45, 2.75) is 6.92 Å². The average molecular weight is 259 g/mol. The van der Waals surface area contributed by atoms with Crippen molar-refractivity contribution >= 4 is 22.8 Å². The van der Waals surface area contributed by atoms with Gasteiger partial charge in [0.15, 0.2) is 5.65 Å². The fourth-order valence-electron chi connectivity index (χ4n) is 1.96. The van der Waals surface area contributed by atoms with Gasteiger partial charge in [-0.2, -0.15) is 0 Å². The summed E-state index contributed by atoms with van der Waals surface area (Å²) in [7, 11) is 1.97. The maximum Gasteiger partial charge on any atom is 0.178 e. The van der Waals surface area contributed by atoms with E-state index in [1.807, 2.05) is 36.7 Å². The van der Waals surface area contributed by atoms with E-state index < -0.39 is 0 Å². The van der Waals surface area contributed by atoms with Gasteiger partial charge in [-0.3, -0.25) is 0 Å². The molecular weight excluding hydrogens is 248 g/mol. The fourth-order valence-corrected chi connectivity index (χ4v) is 2.07. The van der Waals surface area contributed by atoms with E-state index in [2.05, 4.69) is 15.0 Å². The Morgan fingerprint density at radius 2 is 2.11 bits per heavy atom. The molecule has 0 saturated carbocycles. The number of hydrogen-bond donors (Lipinski definition) is 0. The molecule has 0 radical (unpaired) electrons. The van der Waals surface area contributed by atoms with Crippen molar-refractivity contribution in [2.75, 3.05) is 0 Å². The Hall–Kier alpha value is -1.94. The molecule has 0 amide bonds. The largest absolute Gasteiger partial charge is 0.326 e. The van der Waals surface area contributed by atoms with Gasteiger partial charge in [-0.15, -0.1) is 0 Å². The van der Waals surface area contributed by atoms with Crippen LogP contribution < -0.4 is 0 Å². The van der Waals surface area contributed by atoms with Gasteiger partial charge in [-0.25, -0.2) is 15.0 Å². The molecule has 0 N–H and O–H groups in total. The molecule has 5 heteroatoms. The van der Waals surface area contributed by atoms with Crippen LogP contribution in [-0.2, 0) is 7.05 Å². The third kappa shape index (κ3) is 1.66. The topological polar surface area (TPSA) is 43.6 Å². The van der Waals surface area contributed by atoms with Crippen molar-refractivity contribution in [3.63, 3.8) is 0 Å². The maximum atomic E-state index is 5.94. The average Bonchev–Trinajstić information content (AvgIpc) is 2.71. The van der Waals surface area contributed by atoms with E-state index in [1.165, 1.54) is 0 Å². The SMILES string of the molecule is Cc1cc(-c2nc3ncccc3n2C)cnc1Cl. The van der Waals surface area contributed by atoms with Crippen LogP contribution in [0.2, 0.25) is 5.15 Å². The molecule has 90 valence electrons. The first-order valence-corrected chi connectivity index (χ1v) is 5.94. The molecule has 3 rings (SSSR count). The molecule has 3 aromatic rings. The van der Waals surface area contributed by atoms with Crippen LogP contribution in [0.15, 0.2) is 30.6 Å². The summed E-state index contributed by atoms with van der Waals surface area (Å²) in [6.45, 7) is 1.93.